The summed E-state index contributed by atoms with van der Waals surface area (Å²) < 4.78 is 0. The van der Waals surface area contributed by atoms with Crippen molar-refractivity contribution in [1.29, 1.82) is 0 Å². The molecule has 0 radical (unpaired) electrons. The van der Waals surface area contributed by atoms with Crippen LogP contribution < -0.4 is 5.32 Å². The Morgan fingerprint density at radius 3 is 2.64 bits per heavy atom. The molecule has 0 atom stereocenters. The van der Waals surface area contributed by atoms with Crippen LogP contribution in [-0.2, 0) is 6.54 Å². The van der Waals surface area contributed by atoms with Crippen molar-refractivity contribution in [2.24, 2.45) is 0 Å². The molecule has 1 aromatic heterocycles. The van der Waals surface area contributed by atoms with Crippen molar-refractivity contribution in [3.8, 4) is 0 Å². The Labute approximate surface area is 82.8 Å². The molecule has 0 saturated carbocycles. The Bertz CT molecular complexity index is 333. The molecule has 3 nitrogen and oxygen atoms in total. The van der Waals surface area contributed by atoms with E-state index in [1.807, 2.05) is 24.3 Å². The molecular weight excluding hydrogens is 174 g/mol. The Kier molecular flexibility index (Phi) is 2.71. The van der Waals surface area contributed by atoms with E-state index in [9.17, 15) is 0 Å². The highest BCUT2D eigenvalue weighted by atomic mass is 15.0. The maximum atomic E-state index is 4.07. The van der Waals surface area contributed by atoms with Crippen LogP contribution in [0.2, 0.25) is 0 Å². The molecule has 2 aromatic rings. The summed E-state index contributed by atoms with van der Waals surface area (Å²) in [6.45, 7) is 0.790. The average molecular weight is 185 g/mol. The van der Waals surface area contributed by atoms with Crippen LogP contribution >= 0.6 is 0 Å². The summed E-state index contributed by atoms with van der Waals surface area (Å²) in [6.07, 6.45) is 3.26. The van der Waals surface area contributed by atoms with Gasteiger partial charge in [0.2, 0.25) is 0 Å². The second kappa shape index (κ2) is 4.37. The fourth-order valence-corrected chi connectivity index (χ4v) is 1.18. The van der Waals surface area contributed by atoms with Crippen molar-refractivity contribution in [3.05, 3.63) is 54.5 Å². The second-order valence-corrected chi connectivity index (χ2v) is 2.93. The molecule has 0 spiro atoms. The minimum absolute atomic E-state index is 0.790. The number of rotatable bonds is 3. The molecular formula is C11H11N3. The number of hydrogen-bond donors (Lipinski definition) is 1. The maximum absolute atomic E-state index is 4.07. The first-order chi connectivity index (χ1) is 6.95. The van der Waals surface area contributed by atoms with Gasteiger partial charge in [-0.25, -0.2) is 9.97 Å². The van der Waals surface area contributed by atoms with Crippen LogP contribution in [0.5, 0.6) is 0 Å². The summed E-state index contributed by atoms with van der Waals surface area (Å²) in [5.41, 5.74) is 1.24. The van der Waals surface area contributed by atoms with E-state index in [-0.39, 0.29) is 0 Å². The van der Waals surface area contributed by atoms with Crippen molar-refractivity contribution < 1.29 is 0 Å². The van der Waals surface area contributed by atoms with Gasteiger partial charge in [0.1, 0.15) is 12.1 Å². The van der Waals surface area contributed by atoms with E-state index in [1.54, 1.807) is 6.20 Å². The van der Waals surface area contributed by atoms with Crippen molar-refractivity contribution >= 4 is 5.82 Å². The lowest BCUT2D eigenvalue weighted by atomic mass is 10.2. The standard InChI is InChI=1S/C11H11N3/c1-2-4-10(5-3-1)8-13-11-6-7-12-9-14-11/h1-7,9H,8H2,(H,12,13,14). The van der Waals surface area contributed by atoms with Crippen LogP contribution in [0.15, 0.2) is 48.9 Å². The summed E-state index contributed by atoms with van der Waals surface area (Å²) in [7, 11) is 0. The molecule has 2 rings (SSSR count). The molecule has 0 aliphatic heterocycles. The molecule has 3 heteroatoms. The predicted octanol–water partition coefficient (Wildman–Crippen LogP) is 2.09. The largest absolute Gasteiger partial charge is 0.366 e. The van der Waals surface area contributed by atoms with Crippen molar-refractivity contribution in [2.45, 2.75) is 6.54 Å². The minimum Gasteiger partial charge on any atom is -0.366 e. The Hall–Kier alpha value is -1.90. The van der Waals surface area contributed by atoms with E-state index in [1.165, 1.54) is 11.9 Å². The molecule has 0 fully saturated rings. The van der Waals surface area contributed by atoms with E-state index in [2.05, 4.69) is 27.4 Å². The lowest BCUT2D eigenvalue weighted by Crippen LogP contribution is -2.00. The monoisotopic (exact) mass is 185 g/mol. The average Bonchev–Trinajstić information content (AvgIpc) is 2.29. The van der Waals surface area contributed by atoms with E-state index < -0.39 is 0 Å². The predicted molar refractivity (Wildman–Crippen MR) is 55.8 cm³/mol. The maximum Gasteiger partial charge on any atom is 0.129 e. The molecule has 0 unspecified atom stereocenters. The highest BCUT2D eigenvalue weighted by molar-refractivity contribution is 5.33. The number of nitrogens with one attached hydrogen (secondary N) is 1. The number of aromatic nitrogens is 2. The first-order valence-electron chi connectivity index (χ1n) is 4.49. The van der Waals surface area contributed by atoms with Gasteiger partial charge in [-0.3, -0.25) is 0 Å². The quantitative estimate of drug-likeness (QED) is 0.795. The van der Waals surface area contributed by atoms with Gasteiger partial charge < -0.3 is 5.32 Å². The zero-order valence-electron chi connectivity index (χ0n) is 7.72. The third kappa shape index (κ3) is 2.29. The van der Waals surface area contributed by atoms with Gasteiger partial charge >= 0.3 is 0 Å². The van der Waals surface area contributed by atoms with Crippen LogP contribution in [0.25, 0.3) is 0 Å². The molecule has 1 aromatic carbocycles. The Morgan fingerprint density at radius 1 is 1.07 bits per heavy atom. The summed E-state index contributed by atoms with van der Waals surface area (Å²) in [5, 5.41) is 3.21. The molecule has 1 heterocycles. The van der Waals surface area contributed by atoms with E-state index in [0.717, 1.165) is 12.4 Å². The van der Waals surface area contributed by atoms with Crippen LogP contribution in [0.4, 0.5) is 5.82 Å². The lowest BCUT2D eigenvalue weighted by Gasteiger charge is -2.03. The number of benzene rings is 1. The topological polar surface area (TPSA) is 37.8 Å². The first kappa shape index (κ1) is 8.69. The van der Waals surface area contributed by atoms with Crippen LogP contribution in [-0.4, -0.2) is 9.97 Å². The summed E-state index contributed by atoms with van der Waals surface area (Å²) >= 11 is 0. The second-order valence-electron chi connectivity index (χ2n) is 2.93. The van der Waals surface area contributed by atoms with Crippen LogP contribution in [0.1, 0.15) is 5.56 Å². The Balaban J connectivity index is 1.96. The summed E-state index contributed by atoms with van der Waals surface area (Å²) in [4.78, 5) is 7.92. The SMILES string of the molecule is c1ccc(CNc2ccncn2)cc1. The van der Waals surface area contributed by atoms with E-state index >= 15 is 0 Å². The highest BCUT2D eigenvalue weighted by Gasteiger charge is 1.92. The van der Waals surface area contributed by atoms with Crippen molar-refractivity contribution in [1.82, 2.24) is 9.97 Å². The highest BCUT2D eigenvalue weighted by Crippen LogP contribution is 2.03. The molecule has 1 N–H and O–H groups in total. The summed E-state index contributed by atoms with van der Waals surface area (Å²) in [6, 6.07) is 12.1. The first-order valence-corrected chi connectivity index (χ1v) is 4.49. The van der Waals surface area contributed by atoms with Gasteiger partial charge in [0.05, 0.1) is 0 Å². The third-order valence-corrected chi connectivity index (χ3v) is 1.90. The molecule has 0 amide bonds. The van der Waals surface area contributed by atoms with Crippen molar-refractivity contribution in [2.75, 3.05) is 5.32 Å². The zero-order valence-corrected chi connectivity index (χ0v) is 7.72. The molecule has 0 aliphatic rings. The number of anilines is 1. The van der Waals surface area contributed by atoms with Gasteiger partial charge in [-0.2, -0.15) is 0 Å². The summed E-state index contributed by atoms with van der Waals surface area (Å²) in [5.74, 6) is 0.851. The molecule has 70 valence electrons. The minimum atomic E-state index is 0.790. The number of nitrogens with zero attached hydrogens (tertiary/aromatic N) is 2. The fourth-order valence-electron chi connectivity index (χ4n) is 1.18. The third-order valence-electron chi connectivity index (χ3n) is 1.90. The normalized spacial score (nSPS) is 9.71. The van der Waals surface area contributed by atoms with Gasteiger partial charge in [0.25, 0.3) is 0 Å². The zero-order chi connectivity index (χ0) is 9.64. The number of hydrogen-bond acceptors (Lipinski definition) is 3. The van der Waals surface area contributed by atoms with E-state index in [4.69, 9.17) is 0 Å². The molecule has 0 saturated heterocycles. The van der Waals surface area contributed by atoms with Gasteiger partial charge in [0.15, 0.2) is 0 Å². The van der Waals surface area contributed by atoms with E-state index in [0.29, 0.717) is 0 Å². The lowest BCUT2D eigenvalue weighted by molar-refractivity contribution is 1.08. The van der Waals surface area contributed by atoms with Gasteiger partial charge in [-0.15, -0.1) is 0 Å². The van der Waals surface area contributed by atoms with Crippen LogP contribution in [0.3, 0.4) is 0 Å². The smallest absolute Gasteiger partial charge is 0.129 e. The van der Waals surface area contributed by atoms with Crippen molar-refractivity contribution in [3.63, 3.8) is 0 Å². The van der Waals surface area contributed by atoms with Gasteiger partial charge in [-0.1, -0.05) is 30.3 Å². The molecule has 14 heavy (non-hydrogen) atoms. The molecule has 0 aliphatic carbocycles. The fraction of sp³-hybridized carbons (Fsp3) is 0.0909. The van der Waals surface area contributed by atoms with Gasteiger partial charge in [-0.05, 0) is 11.6 Å². The molecule has 0 bridgehead atoms. The van der Waals surface area contributed by atoms with Crippen LogP contribution in [0, 0.1) is 0 Å². The van der Waals surface area contributed by atoms with Gasteiger partial charge in [0, 0.05) is 12.7 Å². The Morgan fingerprint density at radius 2 is 1.93 bits per heavy atom.